The van der Waals surface area contributed by atoms with Crippen LogP contribution in [0.1, 0.15) is 10.4 Å². The average Bonchev–Trinajstić information content (AvgIpc) is 2.62. The smallest absolute Gasteiger partial charge is 0.338 e. The number of fused-ring (bicyclic) bond motifs is 1. The molecule has 0 aliphatic heterocycles. The van der Waals surface area contributed by atoms with Crippen LogP contribution >= 0.6 is 0 Å². The molecule has 0 saturated carbocycles. The molecule has 8 nitrogen and oxygen atoms in total. The van der Waals surface area contributed by atoms with E-state index < -0.39 is 10.9 Å². The van der Waals surface area contributed by atoms with E-state index in [1.807, 2.05) is 0 Å². The molecule has 1 aromatic carbocycles. The number of nitro groups is 1. The second-order valence-corrected chi connectivity index (χ2v) is 2.76. The number of carbonyl (C=O) groups is 1. The fourth-order valence-corrected chi connectivity index (χ4v) is 1.21. The highest BCUT2D eigenvalue weighted by Crippen LogP contribution is 2.21. The van der Waals surface area contributed by atoms with Crippen molar-refractivity contribution in [1.29, 1.82) is 0 Å². The highest BCUT2D eigenvalue weighted by Gasteiger charge is 2.18. The Labute approximate surface area is 81.7 Å². The first-order valence-corrected chi connectivity index (χ1v) is 3.82. The van der Waals surface area contributed by atoms with E-state index in [0.717, 1.165) is 6.07 Å². The predicted octanol–water partition coefficient (Wildman–Crippen LogP) is 0.564. The Morgan fingerprint density at radius 1 is 1.53 bits per heavy atom. The maximum Gasteiger partial charge on any atom is 0.338 e. The van der Waals surface area contributed by atoms with Gasteiger partial charge in [0.2, 0.25) is 0 Å². The lowest BCUT2D eigenvalue weighted by Gasteiger charge is -1.95. The van der Waals surface area contributed by atoms with Crippen LogP contribution in [0.15, 0.2) is 12.1 Å². The first-order chi connectivity index (χ1) is 7.09. The van der Waals surface area contributed by atoms with E-state index in [4.69, 9.17) is 5.11 Å². The van der Waals surface area contributed by atoms with Gasteiger partial charge in [-0.25, -0.2) is 4.79 Å². The fraction of sp³-hybridized carbons (Fsp3) is 0. The third-order valence-corrected chi connectivity index (χ3v) is 1.86. The molecule has 0 amide bonds. The minimum absolute atomic E-state index is 0.105. The Balaban J connectivity index is 2.80. The summed E-state index contributed by atoms with van der Waals surface area (Å²) in [6.07, 6.45) is 0. The quantitative estimate of drug-likeness (QED) is 0.549. The molecule has 1 aromatic heterocycles. The van der Waals surface area contributed by atoms with Crippen LogP contribution in [-0.2, 0) is 0 Å². The first-order valence-electron chi connectivity index (χ1n) is 3.82. The number of rotatable bonds is 2. The summed E-state index contributed by atoms with van der Waals surface area (Å²) in [5.41, 5.74) is -0.228. The lowest BCUT2D eigenvalue weighted by atomic mass is 10.1. The number of hydrogen-bond acceptors (Lipinski definition) is 5. The molecular weight excluding hydrogens is 204 g/mol. The molecule has 0 fully saturated rings. The van der Waals surface area contributed by atoms with Gasteiger partial charge in [-0.05, 0) is 0 Å². The molecule has 0 atom stereocenters. The van der Waals surface area contributed by atoms with Crippen LogP contribution in [0.3, 0.4) is 0 Å². The van der Waals surface area contributed by atoms with Gasteiger partial charge in [-0.15, -0.1) is 5.10 Å². The molecule has 1 heterocycles. The molecule has 0 aliphatic rings. The standard InChI is InChI=1S/C7H4N4O4/c12-7(13)4-1-3(11(14)15)2-5-6(4)9-10-8-5/h1-2H,(H,12,13)(H,8,9,10). The van der Waals surface area contributed by atoms with Gasteiger partial charge in [0.25, 0.3) is 5.69 Å². The summed E-state index contributed by atoms with van der Waals surface area (Å²) in [5, 5.41) is 28.6. The second-order valence-electron chi connectivity index (χ2n) is 2.76. The number of benzene rings is 1. The average molecular weight is 208 g/mol. The molecule has 0 bridgehead atoms. The minimum atomic E-state index is -1.28. The highest BCUT2D eigenvalue weighted by atomic mass is 16.6. The van der Waals surface area contributed by atoms with Crippen molar-refractivity contribution in [3.8, 4) is 0 Å². The molecule has 8 heteroatoms. The number of nitrogens with one attached hydrogen (secondary N) is 1. The number of aromatic carboxylic acids is 1. The summed E-state index contributed by atoms with van der Waals surface area (Å²) in [5.74, 6) is -1.28. The van der Waals surface area contributed by atoms with Crippen molar-refractivity contribution >= 4 is 22.7 Å². The van der Waals surface area contributed by atoms with Gasteiger partial charge in [0.15, 0.2) is 0 Å². The molecule has 0 spiro atoms. The molecule has 15 heavy (non-hydrogen) atoms. The Morgan fingerprint density at radius 3 is 2.87 bits per heavy atom. The van der Waals surface area contributed by atoms with Crippen LogP contribution in [0.2, 0.25) is 0 Å². The number of aromatic nitrogens is 3. The van der Waals surface area contributed by atoms with Gasteiger partial charge < -0.3 is 5.11 Å². The normalized spacial score (nSPS) is 10.4. The zero-order valence-corrected chi connectivity index (χ0v) is 7.17. The molecule has 2 aromatic rings. The van der Waals surface area contributed by atoms with Crippen molar-refractivity contribution in [2.75, 3.05) is 0 Å². The van der Waals surface area contributed by atoms with Crippen LogP contribution < -0.4 is 0 Å². The lowest BCUT2D eigenvalue weighted by molar-refractivity contribution is -0.384. The maximum absolute atomic E-state index is 10.8. The summed E-state index contributed by atoms with van der Waals surface area (Å²) in [4.78, 5) is 20.6. The first kappa shape index (κ1) is 9.06. The zero-order chi connectivity index (χ0) is 11.0. The summed E-state index contributed by atoms with van der Waals surface area (Å²) >= 11 is 0. The molecule has 0 saturated heterocycles. The molecule has 76 valence electrons. The third-order valence-electron chi connectivity index (χ3n) is 1.86. The monoisotopic (exact) mass is 208 g/mol. The number of hydrogen-bond donors (Lipinski definition) is 2. The van der Waals surface area contributed by atoms with Crippen molar-refractivity contribution in [2.45, 2.75) is 0 Å². The molecule has 2 rings (SSSR count). The van der Waals surface area contributed by atoms with Gasteiger partial charge in [-0.3, -0.25) is 15.2 Å². The largest absolute Gasteiger partial charge is 0.478 e. The van der Waals surface area contributed by atoms with E-state index in [0.29, 0.717) is 0 Å². The third kappa shape index (κ3) is 1.37. The summed E-state index contributed by atoms with van der Waals surface area (Å²) in [6.45, 7) is 0. The van der Waals surface area contributed by atoms with E-state index in [1.54, 1.807) is 0 Å². The second kappa shape index (κ2) is 3.01. The number of carboxylic acids is 1. The molecule has 0 aliphatic carbocycles. The van der Waals surface area contributed by atoms with Crippen LogP contribution in [0, 0.1) is 10.1 Å². The van der Waals surface area contributed by atoms with Gasteiger partial charge in [0.1, 0.15) is 5.52 Å². The van der Waals surface area contributed by atoms with Crippen LogP contribution in [0.5, 0.6) is 0 Å². The number of nitro benzene ring substituents is 1. The van der Waals surface area contributed by atoms with Crippen molar-refractivity contribution in [2.24, 2.45) is 0 Å². The van der Waals surface area contributed by atoms with Gasteiger partial charge >= 0.3 is 5.97 Å². The number of non-ortho nitro benzene ring substituents is 1. The van der Waals surface area contributed by atoms with Crippen LogP contribution in [0.4, 0.5) is 5.69 Å². The maximum atomic E-state index is 10.8. The number of aromatic amines is 1. The zero-order valence-electron chi connectivity index (χ0n) is 7.17. The Hall–Kier alpha value is -2.51. The fourth-order valence-electron chi connectivity index (χ4n) is 1.21. The van der Waals surface area contributed by atoms with E-state index in [9.17, 15) is 14.9 Å². The van der Waals surface area contributed by atoms with Crippen LogP contribution in [0.25, 0.3) is 11.0 Å². The van der Waals surface area contributed by atoms with Crippen LogP contribution in [-0.4, -0.2) is 31.4 Å². The Kier molecular flexibility index (Phi) is 1.82. The highest BCUT2D eigenvalue weighted by molar-refractivity contribution is 6.01. The molecule has 2 N–H and O–H groups in total. The topological polar surface area (TPSA) is 122 Å². The predicted molar refractivity (Wildman–Crippen MR) is 47.5 cm³/mol. The molecule has 0 radical (unpaired) electrons. The van der Waals surface area contributed by atoms with Gasteiger partial charge in [0.05, 0.1) is 16.0 Å². The van der Waals surface area contributed by atoms with E-state index in [-0.39, 0.29) is 22.3 Å². The summed E-state index contributed by atoms with van der Waals surface area (Å²) in [6, 6.07) is 2.13. The molecule has 0 unspecified atom stereocenters. The SMILES string of the molecule is O=C(O)c1cc([N+](=O)[O-])cc2[nH]nnc12. The van der Waals surface area contributed by atoms with Crippen molar-refractivity contribution in [3.05, 3.63) is 27.8 Å². The minimum Gasteiger partial charge on any atom is -0.478 e. The number of nitrogens with zero attached hydrogens (tertiary/aromatic N) is 3. The lowest BCUT2D eigenvalue weighted by Crippen LogP contribution is -1.99. The van der Waals surface area contributed by atoms with Gasteiger partial charge in [0, 0.05) is 12.1 Å². The number of H-pyrrole nitrogens is 1. The van der Waals surface area contributed by atoms with Gasteiger partial charge in [-0.2, -0.15) is 0 Å². The van der Waals surface area contributed by atoms with E-state index in [2.05, 4.69) is 15.4 Å². The molecular formula is C7H4N4O4. The number of carboxylic acid groups (broad SMARTS) is 1. The van der Waals surface area contributed by atoms with E-state index >= 15 is 0 Å². The van der Waals surface area contributed by atoms with E-state index in [1.165, 1.54) is 6.07 Å². The summed E-state index contributed by atoms with van der Waals surface area (Å²) < 4.78 is 0. The van der Waals surface area contributed by atoms with Gasteiger partial charge in [-0.1, -0.05) is 5.21 Å². The summed E-state index contributed by atoms with van der Waals surface area (Å²) in [7, 11) is 0. The van der Waals surface area contributed by atoms with Crippen molar-refractivity contribution in [3.63, 3.8) is 0 Å². The Morgan fingerprint density at radius 2 is 2.27 bits per heavy atom. The van der Waals surface area contributed by atoms with Crippen molar-refractivity contribution in [1.82, 2.24) is 15.4 Å². The Bertz CT molecular complexity index is 561. The van der Waals surface area contributed by atoms with Crippen molar-refractivity contribution < 1.29 is 14.8 Å².